The molecule has 0 saturated heterocycles. The lowest BCUT2D eigenvalue weighted by atomic mass is 9.91. The molecular weight excluding hydrogens is 450 g/mol. The highest BCUT2D eigenvalue weighted by molar-refractivity contribution is 6.10. The normalized spacial score (nSPS) is 13.9. The molecule has 0 aliphatic carbocycles. The minimum atomic E-state index is -0.660. The van der Waals surface area contributed by atoms with Gasteiger partial charge >= 0.3 is 5.97 Å². The Hall–Kier alpha value is -3.86. The van der Waals surface area contributed by atoms with E-state index in [0.717, 1.165) is 0 Å². The number of esters is 1. The number of carbonyl (C=O) groups excluding carboxylic acids is 2. The first-order valence-corrected chi connectivity index (χ1v) is 10.5. The zero-order valence-electron chi connectivity index (χ0n) is 19.2. The molecule has 1 amide bonds. The first kappa shape index (κ1) is 23.3. The van der Waals surface area contributed by atoms with Crippen LogP contribution in [0.3, 0.4) is 0 Å². The fraction of sp³-hybridized carbons (Fsp3) is 0.391. The molecule has 11 nitrogen and oxygen atoms in total. The Morgan fingerprint density at radius 2 is 1.44 bits per heavy atom. The van der Waals surface area contributed by atoms with E-state index in [9.17, 15) is 14.7 Å². The highest BCUT2D eigenvalue weighted by Gasteiger charge is 2.37. The molecule has 0 radical (unpaired) electrons. The minimum absolute atomic E-state index is 0.0788. The highest BCUT2D eigenvalue weighted by atomic mass is 16.7. The van der Waals surface area contributed by atoms with Crippen molar-refractivity contribution < 1.29 is 47.9 Å². The molecule has 2 aliphatic heterocycles. The number of methoxy groups -OCH3 is 2. The molecule has 0 bridgehead atoms. The third-order valence-corrected chi connectivity index (χ3v) is 5.30. The van der Waals surface area contributed by atoms with Crippen LogP contribution in [0.15, 0.2) is 12.1 Å². The summed E-state index contributed by atoms with van der Waals surface area (Å²) in [6.07, 6.45) is 0. The summed E-state index contributed by atoms with van der Waals surface area (Å²) >= 11 is 0. The van der Waals surface area contributed by atoms with Crippen LogP contribution in [0.5, 0.6) is 34.5 Å². The molecule has 0 unspecified atom stereocenters. The summed E-state index contributed by atoms with van der Waals surface area (Å²) in [6, 6.07) is 2.40. The number of hydrogen-bond acceptors (Lipinski definition) is 10. The van der Waals surface area contributed by atoms with Crippen LogP contribution in [0.4, 0.5) is 0 Å². The van der Waals surface area contributed by atoms with Gasteiger partial charge in [-0.05, 0) is 26.0 Å². The standard InChI is InChI=1S/C23H25NO10/c1-5-30-23(27)13-7-15(29-4)19-21(34-10-32-19)17(13)16-12(22(26)24-11(2)8-25)6-14(28-3)18-20(16)33-9-31-18/h6-7,11,25H,5,8-10H2,1-4H3,(H,24,26)/t11-/m1/s1. The number of hydrogen-bond donors (Lipinski definition) is 2. The second-order valence-electron chi connectivity index (χ2n) is 7.41. The van der Waals surface area contributed by atoms with Gasteiger partial charge in [-0.1, -0.05) is 0 Å². The Balaban J connectivity index is 2.06. The molecule has 11 heteroatoms. The number of benzene rings is 2. The number of aliphatic hydroxyl groups excluding tert-OH is 1. The van der Waals surface area contributed by atoms with Gasteiger partial charge in [0.2, 0.25) is 25.1 Å². The van der Waals surface area contributed by atoms with E-state index in [0.29, 0.717) is 0 Å². The molecular formula is C23H25NO10. The van der Waals surface area contributed by atoms with Crippen LogP contribution in [0.25, 0.3) is 11.1 Å². The summed E-state index contributed by atoms with van der Waals surface area (Å²) in [5, 5.41) is 12.1. The summed E-state index contributed by atoms with van der Waals surface area (Å²) in [4.78, 5) is 26.4. The fourth-order valence-electron chi connectivity index (χ4n) is 3.77. The van der Waals surface area contributed by atoms with Crippen LogP contribution in [-0.4, -0.2) is 64.0 Å². The SMILES string of the molecule is CCOC(=O)c1cc(OC)c2c(c1-c1c(C(=O)N[C@H](C)CO)cc(OC)c3c1OCO3)OCO2. The van der Waals surface area contributed by atoms with E-state index in [1.54, 1.807) is 13.8 Å². The van der Waals surface area contributed by atoms with Crippen molar-refractivity contribution in [1.82, 2.24) is 5.32 Å². The van der Waals surface area contributed by atoms with Gasteiger partial charge in [-0.3, -0.25) is 4.79 Å². The number of aliphatic hydroxyl groups is 1. The molecule has 2 heterocycles. The van der Waals surface area contributed by atoms with Gasteiger partial charge in [0.15, 0.2) is 23.0 Å². The maximum absolute atomic E-state index is 13.3. The molecule has 2 aromatic rings. The predicted octanol–water partition coefficient (Wildman–Crippen LogP) is 2.12. The second kappa shape index (κ2) is 9.56. The van der Waals surface area contributed by atoms with Gasteiger partial charge in [-0.2, -0.15) is 0 Å². The molecule has 2 N–H and O–H groups in total. The zero-order chi connectivity index (χ0) is 24.4. The lowest BCUT2D eigenvalue weighted by Crippen LogP contribution is -2.35. The lowest BCUT2D eigenvalue weighted by Gasteiger charge is -2.20. The summed E-state index contributed by atoms with van der Waals surface area (Å²) in [6.45, 7) is 2.93. The first-order valence-electron chi connectivity index (χ1n) is 10.5. The van der Waals surface area contributed by atoms with Crippen LogP contribution in [0.2, 0.25) is 0 Å². The Morgan fingerprint density at radius 1 is 0.941 bits per heavy atom. The van der Waals surface area contributed by atoms with Gasteiger partial charge in [0, 0.05) is 17.2 Å². The van der Waals surface area contributed by atoms with Gasteiger partial charge in [-0.25, -0.2) is 4.79 Å². The third-order valence-electron chi connectivity index (χ3n) is 5.30. The van der Waals surface area contributed by atoms with Gasteiger partial charge < -0.3 is 43.6 Å². The topological polar surface area (TPSA) is 131 Å². The molecule has 2 aliphatic rings. The predicted molar refractivity (Wildman–Crippen MR) is 117 cm³/mol. The van der Waals surface area contributed by atoms with E-state index in [1.807, 2.05) is 0 Å². The monoisotopic (exact) mass is 475 g/mol. The Morgan fingerprint density at radius 3 is 1.94 bits per heavy atom. The molecule has 34 heavy (non-hydrogen) atoms. The van der Waals surface area contributed by atoms with Crippen molar-refractivity contribution in [1.29, 1.82) is 0 Å². The third kappa shape index (κ3) is 3.87. The average molecular weight is 475 g/mol. The molecule has 0 aromatic heterocycles. The highest BCUT2D eigenvalue weighted by Crippen LogP contribution is 2.56. The number of rotatable bonds is 8. The van der Waals surface area contributed by atoms with Crippen molar-refractivity contribution in [2.24, 2.45) is 0 Å². The molecule has 0 fully saturated rings. The van der Waals surface area contributed by atoms with E-state index >= 15 is 0 Å². The summed E-state index contributed by atoms with van der Waals surface area (Å²) in [7, 11) is 2.87. The van der Waals surface area contributed by atoms with Crippen LogP contribution in [0, 0.1) is 0 Å². The van der Waals surface area contributed by atoms with E-state index < -0.39 is 17.9 Å². The number of carbonyl (C=O) groups is 2. The average Bonchev–Trinajstić information content (AvgIpc) is 3.52. The summed E-state index contributed by atoms with van der Waals surface area (Å²) in [5.74, 6) is 0.245. The van der Waals surface area contributed by atoms with Crippen LogP contribution >= 0.6 is 0 Å². The summed E-state index contributed by atoms with van der Waals surface area (Å²) < 4.78 is 38.8. The molecule has 0 saturated carbocycles. The van der Waals surface area contributed by atoms with Crippen molar-refractivity contribution in [2.45, 2.75) is 19.9 Å². The number of amides is 1. The van der Waals surface area contributed by atoms with Crippen molar-refractivity contribution in [3.63, 3.8) is 0 Å². The van der Waals surface area contributed by atoms with Crippen molar-refractivity contribution in [3.05, 3.63) is 23.3 Å². The molecule has 2 aromatic carbocycles. The first-order chi connectivity index (χ1) is 16.4. The van der Waals surface area contributed by atoms with Gasteiger partial charge in [0.05, 0.1) is 38.6 Å². The number of nitrogens with one attached hydrogen (secondary N) is 1. The fourth-order valence-corrected chi connectivity index (χ4v) is 3.77. The van der Waals surface area contributed by atoms with Crippen molar-refractivity contribution in [3.8, 4) is 45.6 Å². The van der Waals surface area contributed by atoms with E-state index in [2.05, 4.69) is 5.32 Å². The molecule has 0 spiro atoms. The Kier molecular flexibility index (Phi) is 6.55. The van der Waals surface area contributed by atoms with Crippen LogP contribution < -0.4 is 33.7 Å². The zero-order valence-corrected chi connectivity index (χ0v) is 19.2. The van der Waals surface area contributed by atoms with Crippen LogP contribution in [0.1, 0.15) is 34.6 Å². The Labute approximate surface area is 195 Å². The molecule has 1 atom stereocenters. The smallest absolute Gasteiger partial charge is 0.339 e. The maximum atomic E-state index is 13.3. The number of ether oxygens (including phenoxy) is 7. The van der Waals surface area contributed by atoms with Gasteiger partial charge in [0.1, 0.15) is 0 Å². The number of fused-ring (bicyclic) bond motifs is 2. The summed E-state index contributed by atoms with van der Waals surface area (Å²) in [5.41, 5.74) is 0.631. The minimum Gasteiger partial charge on any atom is -0.493 e. The van der Waals surface area contributed by atoms with E-state index in [-0.39, 0.29) is 83.6 Å². The quantitative estimate of drug-likeness (QED) is 0.547. The Bertz CT molecular complexity index is 1130. The van der Waals surface area contributed by atoms with Crippen molar-refractivity contribution in [2.75, 3.05) is 41.0 Å². The van der Waals surface area contributed by atoms with Crippen molar-refractivity contribution >= 4 is 11.9 Å². The lowest BCUT2D eigenvalue weighted by molar-refractivity contribution is 0.0526. The maximum Gasteiger partial charge on any atom is 0.339 e. The molecule has 182 valence electrons. The van der Waals surface area contributed by atoms with Gasteiger partial charge in [-0.15, -0.1) is 0 Å². The molecule has 4 rings (SSSR count). The van der Waals surface area contributed by atoms with Crippen LogP contribution in [-0.2, 0) is 4.74 Å². The van der Waals surface area contributed by atoms with E-state index in [4.69, 9.17) is 33.2 Å². The second-order valence-corrected chi connectivity index (χ2v) is 7.41. The van der Waals surface area contributed by atoms with Gasteiger partial charge in [0.25, 0.3) is 5.91 Å². The van der Waals surface area contributed by atoms with E-state index in [1.165, 1.54) is 26.4 Å². The largest absolute Gasteiger partial charge is 0.493 e.